The first kappa shape index (κ1) is 36.8. The average Bonchev–Trinajstić information content (AvgIpc) is 3.23. The smallest absolute Gasteiger partial charge is 0.328 e. The molecule has 286 valence electrons. The predicted octanol–water partition coefficient (Wildman–Crippen LogP) is 6.08. The fraction of sp³-hybridized carbons (Fsp3) is 0.302. The van der Waals surface area contributed by atoms with Crippen molar-refractivity contribution in [1.82, 2.24) is 30.1 Å². The first-order chi connectivity index (χ1) is 27.3. The average molecular weight is 751 g/mol. The lowest BCUT2D eigenvalue weighted by atomic mass is 10.0. The monoisotopic (exact) mass is 750 g/mol. The van der Waals surface area contributed by atoms with E-state index >= 15 is 0 Å². The number of nitrogens with one attached hydrogen (secondary N) is 3. The van der Waals surface area contributed by atoms with Gasteiger partial charge in [-0.2, -0.15) is 0 Å². The van der Waals surface area contributed by atoms with Gasteiger partial charge < -0.3 is 15.5 Å². The van der Waals surface area contributed by atoms with E-state index < -0.39 is 0 Å². The second-order valence-corrected chi connectivity index (χ2v) is 14.6. The third-order valence-electron chi connectivity index (χ3n) is 10.9. The highest BCUT2D eigenvalue weighted by molar-refractivity contribution is 6.06. The summed E-state index contributed by atoms with van der Waals surface area (Å²) in [5.74, 6) is 0.0726. The Hall–Kier alpha value is -6.18. The Morgan fingerprint density at radius 1 is 0.839 bits per heavy atom. The van der Waals surface area contributed by atoms with E-state index in [1.165, 1.54) is 5.56 Å². The number of aryl methyl sites for hydroxylation is 1. The molecule has 0 atom stereocenters. The van der Waals surface area contributed by atoms with Gasteiger partial charge in [-0.25, -0.2) is 14.8 Å². The molecule has 56 heavy (non-hydrogen) atoms. The van der Waals surface area contributed by atoms with Crippen molar-refractivity contribution in [3.8, 4) is 11.3 Å². The Bertz CT molecular complexity index is 2180. The Morgan fingerprint density at radius 3 is 2.43 bits per heavy atom. The molecule has 3 fully saturated rings. The van der Waals surface area contributed by atoms with Gasteiger partial charge in [0.05, 0.1) is 5.69 Å². The maximum atomic E-state index is 13.3. The number of hydrogen-bond donors (Lipinski definition) is 3. The lowest BCUT2D eigenvalue weighted by molar-refractivity contribution is -0.120. The van der Waals surface area contributed by atoms with Crippen LogP contribution in [0.1, 0.15) is 40.7 Å². The molecule has 0 spiro atoms. The summed E-state index contributed by atoms with van der Waals surface area (Å²) in [5, 5.41) is 8.76. The molecule has 3 saturated heterocycles. The number of piperidine rings is 1. The van der Waals surface area contributed by atoms with Crippen LogP contribution in [0.15, 0.2) is 104 Å². The number of nitrogens with zero attached hydrogens (tertiary/aromatic N) is 7. The number of aromatic nitrogens is 3. The van der Waals surface area contributed by atoms with Crippen molar-refractivity contribution in [1.29, 1.82) is 0 Å². The number of anilines is 5. The summed E-state index contributed by atoms with van der Waals surface area (Å²) in [6, 6.07) is 27.6. The van der Waals surface area contributed by atoms with Crippen molar-refractivity contribution in [2.75, 3.05) is 66.2 Å². The van der Waals surface area contributed by atoms with Gasteiger partial charge in [0.1, 0.15) is 0 Å². The molecule has 13 heteroatoms. The normalized spacial score (nSPS) is 17.1. The predicted molar refractivity (Wildman–Crippen MR) is 218 cm³/mol. The van der Waals surface area contributed by atoms with Crippen molar-refractivity contribution in [3.63, 3.8) is 0 Å². The highest BCUT2D eigenvalue weighted by Crippen LogP contribution is 2.27. The van der Waals surface area contributed by atoms with E-state index in [9.17, 15) is 14.4 Å². The van der Waals surface area contributed by atoms with Crippen LogP contribution in [0.25, 0.3) is 11.3 Å². The SMILES string of the molecule is Cc1ccc(NC(=O)c2ccc(N3CCC(N4CCN(Cc5cccc(N6CCC(=O)NC6=O)c5)CC4)CC3)cc2)cc1Nc1nccc(-c2cccnc2)n1. The number of imide groups is 1. The lowest BCUT2D eigenvalue weighted by Gasteiger charge is -2.43. The van der Waals surface area contributed by atoms with Crippen LogP contribution < -0.4 is 25.8 Å². The third-order valence-corrected chi connectivity index (χ3v) is 10.9. The van der Waals surface area contributed by atoms with Crippen LogP contribution in [-0.2, 0) is 11.3 Å². The van der Waals surface area contributed by atoms with Gasteiger partial charge in [0.15, 0.2) is 0 Å². The van der Waals surface area contributed by atoms with Crippen molar-refractivity contribution >= 4 is 46.5 Å². The maximum Gasteiger partial charge on any atom is 0.328 e. The highest BCUT2D eigenvalue weighted by Gasteiger charge is 2.28. The van der Waals surface area contributed by atoms with Crippen LogP contribution in [0, 0.1) is 6.92 Å². The fourth-order valence-corrected chi connectivity index (χ4v) is 7.74. The topological polar surface area (TPSA) is 139 Å². The Labute approximate surface area is 326 Å². The Kier molecular flexibility index (Phi) is 11.0. The van der Waals surface area contributed by atoms with E-state index in [2.05, 4.69) is 69.9 Å². The number of benzene rings is 3. The summed E-state index contributed by atoms with van der Waals surface area (Å²) in [7, 11) is 0. The second-order valence-electron chi connectivity index (χ2n) is 14.6. The molecule has 3 aliphatic rings. The molecular weight excluding hydrogens is 705 g/mol. The van der Waals surface area contributed by atoms with Crippen molar-refractivity contribution in [3.05, 3.63) is 120 Å². The second kappa shape index (κ2) is 16.7. The zero-order chi connectivity index (χ0) is 38.4. The van der Waals surface area contributed by atoms with Crippen LogP contribution in [0.2, 0.25) is 0 Å². The number of piperazine rings is 1. The van der Waals surface area contributed by atoms with Gasteiger partial charge in [0, 0.05) is 117 Å². The molecule has 2 aromatic heterocycles. The van der Waals surface area contributed by atoms with Gasteiger partial charge >= 0.3 is 6.03 Å². The first-order valence-corrected chi connectivity index (χ1v) is 19.3. The molecule has 0 saturated carbocycles. The van der Waals surface area contributed by atoms with Gasteiger partial charge in [-0.1, -0.05) is 18.2 Å². The van der Waals surface area contributed by atoms with Gasteiger partial charge in [0.2, 0.25) is 11.9 Å². The number of carbonyl (C=O) groups is 3. The maximum absolute atomic E-state index is 13.3. The molecule has 3 N–H and O–H groups in total. The van der Waals surface area contributed by atoms with E-state index in [1.807, 2.05) is 67.6 Å². The van der Waals surface area contributed by atoms with Crippen LogP contribution >= 0.6 is 0 Å². The zero-order valence-electron chi connectivity index (χ0n) is 31.5. The number of carbonyl (C=O) groups excluding carboxylic acids is 3. The quantitative estimate of drug-likeness (QED) is 0.154. The molecule has 13 nitrogen and oxygen atoms in total. The minimum atomic E-state index is -0.350. The number of amides is 4. The van der Waals surface area contributed by atoms with E-state index in [1.54, 1.807) is 23.5 Å². The summed E-state index contributed by atoms with van der Waals surface area (Å²) >= 11 is 0. The minimum absolute atomic E-state index is 0.168. The summed E-state index contributed by atoms with van der Waals surface area (Å²) in [6.07, 6.45) is 7.74. The summed E-state index contributed by atoms with van der Waals surface area (Å²) in [4.78, 5) is 59.6. The lowest BCUT2D eigenvalue weighted by Crippen LogP contribution is -2.53. The van der Waals surface area contributed by atoms with Gasteiger partial charge in [-0.15, -0.1) is 0 Å². The molecule has 8 rings (SSSR count). The molecule has 0 aliphatic carbocycles. The number of hydrogen-bond acceptors (Lipinski definition) is 10. The third kappa shape index (κ3) is 8.69. The molecule has 3 aromatic carbocycles. The molecule has 3 aliphatic heterocycles. The standard InChI is InChI=1S/C43H46N10O3/c1-30-7-10-34(27-39(30)48-42-45-18-13-38(47-42)33-5-3-17-44-28-33)46-41(55)32-8-11-35(12-9-32)51-19-14-36(15-20-51)52-24-22-50(23-25-52)29-31-4-2-6-37(26-31)53-21-16-40(54)49-43(53)56/h2-13,17-18,26-28,36H,14-16,19-25,29H2,1H3,(H,46,55)(H,45,47,48)(H,49,54,56). The summed E-state index contributed by atoms with van der Waals surface area (Å²) in [5.41, 5.74) is 7.89. The largest absolute Gasteiger partial charge is 0.371 e. The van der Waals surface area contributed by atoms with E-state index in [-0.39, 0.29) is 17.8 Å². The van der Waals surface area contributed by atoms with Gasteiger partial charge in [0.25, 0.3) is 5.91 Å². The van der Waals surface area contributed by atoms with Crippen molar-refractivity contribution in [2.24, 2.45) is 0 Å². The minimum Gasteiger partial charge on any atom is -0.371 e. The fourth-order valence-electron chi connectivity index (χ4n) is 7.74. The van der Waals surface area contributed by atoms with E-state index in [0.717, 1.165) is 92.5 Å². The first-order valence-electron chi connectivity index (χ1n) is 19.3. The number of pyridine rings is 1. The zero-order valence-corrected chi connectivity index (χ0v) is 31.5. The number of rotatable bonds is 10. The molecule has 5 heterocycles. The van der Waals surface area contributed by atoms with Crippen molar-refractivity contribution < 1.29 is 14.4 Å². The molecule has 4 amide bonds. The Balaban J connectivity index is 0.798. The van der Waals surface area contributed by atoms with Gasteiger partial charge in [-0.3, -0.25) is 34.6 Å². The molecule has 5 aromatic rings. The summed E-state index contributed by atoms with van der Waals surface area (Å²) in [6.45, 7) is 9.28. The van der Waals surface area contributed by atoms with E-state index in [4.69, 9.17) is 0 Å². The Morgan fingerprint density at radius 2 is 1.66 bits per heavy atom. The molecular formula is C43H46N10O3. The van der Waals surface area contributed by atoms with Crippen molar-refractivity contribution in [2.45, 2.75) is 38.8 Å². The van der Waals surface area contributed by atoms with Crippen LogP contribution in [0.3, 0.4) is 0 Å². The van der Waals surface area contributed by atoms with Gasteiger partial charge in [-0.05, 0) is 97.6 Å². The van der Waals surface area contributed by atoms with Crippen LogP contribution in [-0.4, -0.2) is 94.5 Å². The van der Waals surface area contributed by atoms with Crippen LogP contribution in [0.4, 0.5) is 33.5 Å². The highest BCUT2D eigenvalue weighted by atomic mass is 16.2. The molecule has 0 bridgehead atoms. The molecule has 0 unspecified atom stereocenters. The van der Waals surface area contributed by atoms with E-state index in [0.29, 0.717) is 36.2 Å². The summed E-state index contributed by atoms with van der Waals surface area (Å²) < 4.78 is 0. The van der Waals surface area contributed by atoms with Crippen LogP contribution in [0.5, 0.6) is 0 Å². The molecule has 0 radical (unpaired) electrons. The number of urea groups is 1.